The summed E-state index contributed by atoms with van der Waals surface area (Å²) in [5, 5.41) is 22.7. The van der Waals surface area contributed by atoms with Crippen molar-refractivity contribution in [1.82, 2.24) is 10.3 Å². The summed E-state index contributed by atoms with van der Waals surface area (Å²) in [6.07, 6.45) is 0.296. The molecule has 244 valence electrons. The van der Waals surface area contributed by atoms with Gasteiger partial charge in [0.05, 0.1) is 24.4 Å². The van der Waals surface area contributed by atoms with E-state index in [2.05, 4.69) is 29.4 Å². The number of carboxylic acids is 1. The third-order valence-electron chi connectivity index (χ3n) is 8.42. The van der Waals surface area contributed by atoms with Crippen LogP contribution < -0.4 is 5.32 Å². The zero-order valence-corrected chi connectivity index (χ0v) is 27.2. The van der Waals surface area contributed by atoms with Gasteiger partial charge in [-0.05, 0) is 64.2 Å². The highest BCUT2D eigenvalue weighted by atomic mass is 32.2. The number of rotatable bonds is 11. The van der Waals surface area contributed by atoms with Crippen LogP contribution in [-0.4, -0.2) is 38.9 Å². The molecule has 8 nitrogen and oxygen atoms in total. The smallest absolute Gasteiger partial charge is 0.338 e. The summed E-state index contributed by atoms with van der Waals surface area (Å²) in [7, 11) is 0. The van der Waals surface area contributed by atoms with Gasteiger partial charge in [-0.3, -0.25) is 4.79 Å². The highest BCUT2D eigenvalue weighted by molar-refractivity contribution is 7.99. The Balaban J connectivity index is 1.24. The van der Waals surface area contributed by atoms with Gasteiger partial charge in [0.25, 0.3) is 5.91 Å². The minimum Gasteiger partial charge on any atom is -0.478 e. The topological polar surface area (TPSA) is 118 Å². The Morgan fingerprint density at radius 2 is 1.56 bits per heavy atom. The SMILES string of the molecule is C[C@@H]1[C@H](CSc2ncccc2C(=O)O)O[C@H](c2cccc(-c3cccc(CNC(=O)c4ccccc4)c3)c2)O[C@@H]1c1ccc(CO)cc1. The molecule has 0 unspecified atom stereocenters. The van der Waals surface area contributed by atoms with Crippen molar-refractivity contribution < 1.29 is 29.3 Å². The molecule has 2 heterocycles. The Hall–Kier alpha value is -4.80. The highest BCUT2D eigenvalue weighted by Crippen LogP contribution is 2.43. The number of aliphatic hydroxyl groups excluding tert-OH is 1. The summed E-state index contributed by atoms with van der Waals surface area (Å²) in [6.45, 7) is 2.42. The first-order valence-electron chi connectivity index (χ1n) is 15.7. The van der Waals surface area contributed by atoms with Crippen LogP contribution in [0.2, 0.25) is 0 Å². The first kappa shape index (κ1) is 33.1. The predicted octanol–water partition coefficient (Wildman–Crippen LogP) is 7.45. The van der Waals surface area contributed by atoms with E-state index < -0.39 is 12.3 Å². The van der Waals surface area contributed by atoms with Crippen LogP contribution in [0, 0.1) is 5.92 Å². The summed E-state index contributed by atoms with van der Waals surface area (Å²) in [5.74, 6) is -0.748. The van der Waals surface area contributed by atoms with E-state index in [0.29, 0.717) is 22.9 Å². The molecule has 6 rings (SSSR count). The zero-order chi connectivity index (χ0) is 33.5. The van der Waals surface area contributed by atoms with Gasteiger partial charge in [0.1, 0.15) is 5.03 Å². The lowest BCUT2D eigenvalue weighted by Crippen LogP contribution is -2.38. The average molecular weight is 661 g/mol. The van der Waals surface area contributed by atoms with Crippen molar-refractivity contribution in [3.63, 3.8) is 0 Å². The highest BCUT2D eigenvalue weighted by Gasteiger charge is 2.38. The van der Waals surface area contributed by atoms with Crippen molar-refractivity contribution in [2.24, 2.45) is 5.92 Å². The second-order valence-corrected chi connectivity index (χ2v) is 12.7. The minimum absolute atomic E-state index is 0.0459. The van der Waals surface area contributed by atoms with Crippen molar-refractivity contribution in [2.45, 2.75) is 43.6 Å². The Labute approximate surface area is 283 Å². The summed E-state index contributed by atoms with van der Waals surface area (Å²) in [4.78, 5) is 28.7. The maximum atomic E-state index is 12.6. The molecule has 0 radical (unpaired) electrons. The summed E-state index contributed by atoms with van der Waals surface area (Å²) in [6, 6.07) is 36.1. The van der Waals surface area contributed by atoms with E-state index in [9.17, 15) is 19.8 Å². The average Bonchev–Trinajstić information content (AvgIpc) is 3.14. The molecule has 48 heavy (non-hydrogen) atoms. The predicted molar refractivity (Wildman–Crippen MR) is 184 cm³/mol. The van der Waals surface area contributed by atoms with Crippen LogP contribution in [0.3, 0.4) is 0 Å². The van der Waals surface area contributed by atoms with Crippen LogP contribution in [0.15, 0.2) is 126 Å². The Bertz CT molecular complexity index is 1870. The van der Waals surface area contributed by atoms with Crippen LogP contribution >= 0.6 is 11.8 Å². The van der Waals surface area contributed by atoms with E-state index in [1.807, 2.05) is 78.9 Å². The van der Waals surface area contributed by atoms with E-state index in [0.717, 1.165) is 33.4 Å². The molecular weight excluding hydrogens is 625 g/mol. The maximum Gasteiger partial charge on any atom is 0.338 e. The van der Waals surface area contributed by atoms with Crippen molar-refractivity contribution in [2.75, 3.05) is 5.75 Å². The van der Waals surface area contributed by atoms with Gasteiger partial charge in [-0.15, -0.1) is 11.8 Å². The molecule has 1 fully saturated rings. The van der Waals surface area contributed by atoms with Gasteiger partial charge in [-0.1, -0.05) is 85.8 Å². The molecule has 0 spiro atoms. The molecule has 9 heteroatoms. The number of pyridine rings is 1. The molecule has 1 amide bonds. The second-order valence-electron chi connectivity index (χ2n) is 11.7. The number of benzene rings is 4. The number of nitrogens with one attached hydrogen (secondary N) is 1. The van der Waals surface area contributed by atoms with Crippen molar-refractivity contribution in [3.8, 4) is 11.1 Å². The monoisotopic (exact) mass is 660 g/mol. The van der Waals surface area contributed by atoms with Crippen LogP contribution in [0.25, 0.3) is 11.1 Å². The van der Waals surface area contributed by atoms with Crippen molar-refractivity contribution in [1.29, 1.82) is 0 Å². The Morgan fingerprint density at radius 3 is 2.31 bits per heavy atom. The molecular formula is C39H36N2O6S. The number of nitrogens with zero attached hydrogens (tertiary/aromatic N) is 1. The van der Waals surface area contributed by atoms with Gasteiger partial charge >= 0.3 is 5.97 Å². The summed E-state index contributed by atoms with van der Waals surface area (Å²) < 4.78 is 13.3. The number of carbonyl (C=O) groups excluding carboxylic acids is 1. The first-order valence-corrected chi connectivity index (χ1v) is 16.7. The lowest BCUT2D eigenvalue weighted by molar-refractivity contribution is -0.268. The van der Waals surface area contributed by atoms with E-state index in [1.54, 1.807) is 30.5 Å². The molecule has 0 saturated carbocycles. The van der Waals surface area contributed by atoms with E-state index in [-0.39, 0.29) is 36.2 Å². The molecule has 4 atom stereocenters. The number of thioether (sulfide) groups is 1. The third-order valence-corrected chi connectivity index (χ3v) is 9.51. The number of carbonyl (C=O) groups is 2. The molecule has 1 aromatic heterocycles. The fraction of sp³-hybridized carbons (Fsp3) is 0.205. The fourth-order valence-corrected chi connectivity index (χ4v) is 6.89. The van der Waals surface area contributed by atoms with Gasteiger partial charge < -0.3 is 25.0 Å². The molecule has 1 aliphatic rings. The molecule has 4 aromatic carbocycles. The quantitative estimate of drug-likeness (QED) is 0.125. The van der Waals surface area contributed by atoms with Crippen molar-refractivity contribution >= 4 is 23.6 Å². The number of aliphatic hydroxyl groups is 1. The van der Waals surface area contributed by atoms with Gasteiger partial charge in [0, 0.05) is 35.5 Å². The van der Waals surface area contributed by atoms with E-state index in [4.69, 9.17) is 9.47 Å². The second kappa shape index (κ2) is 15.4. The van der Waals surface area contributed by atoms with Gasteiger partial charge in [0.2, 0.25) is 0 Å². The van der Waals surface area contributed by atoms with E-state index >= 15 is 0 Å². The van der Waals surface area contributed by atoms with E-state index in [1.165, 1.54) is 11.8 Å². The minimum atomic E-state index is -1.02. The summed E-state index contributed by atoms with van der Waals surface area (Å²) >= 11 is 1.36. The Kier molecular flexibility index (Phi) is 10.6. The van der Waals surface area contributed by atoms with Crippen LogP contribution in [0.5, 0.6) is 0 Å². The van der Waals surface area contributed by atoms with Crippen LogP contribution in [0.4, 0.5) is 0 Å². The number of amides is 1. The molecule has 5 aromatic rings. The Morgan fingerprint density at radius 1 is 0.812 bits per heavy atom. The molecule has 1 saturated heterocycles. The number of carboxylic acid groups (broad SMARTS) is 1. The van der Waals surface area contributed by atoms with Crippen molar-refractivity contribution in [3.05, 3.63) is 155 Å². The van der Waals surface area contributed by atoms with Gasteiger partial charge in [-0.25, -0.2) is 9.78 Å². The third kappa shape index (κ3) is 7.83. The van der Waals surface area contributed by atoms with Gasteiger partial charge in [0.15, 0.2) is 6.29 Å². The number of hydrogen-bond donors (Lipinski definition) is 3. The lowest BCUT2D eigenvalue weighted by atomic mass is 9.91. The number of aromatic nitrogens is 1. The first-order chi connectivity index (χ1) is 23.4. The molecule has 1 aliphatic heterocycles. The molecule has 3 N–H and O–H groups in total. The standard InChI is InChI=1S/C39H36N2O6S/c1-25-34(24-48-37-33(38(44)45)14-7-19-40-37)46-39(47-35(25)28-17-15-26(23-42)16-18-28)32-13-6-12-31(21-32)30-11-5-8-27(20-30)22-41-36(43)29-9-3-2-4-10-29/h2-21,25,34-35,39,42H,22-24H2,1H3,(H,41,43)(H,44,45)/t25-,34+,35+,39+/m1/s1. The number of aromatic carboxylic acids is 1. The lowest BCUT2D eigenvalue weighted by Gasteiger charge is -2.41. The summed E-state index contributed by atoms with van der Waals surface area (Å²) in [5.41, 5.74) is 6.34. The molecule has 0 aliphatic carbocycles. The normalized spacial score (nSPS) is 19.0. The number of hydrogen-bond acceptors (Lipinski definition) is 7. The van der Waals surface area contributed by atoms with Crippen LogP contribution in [-0.2, 0) is 22.6 Å². The largest absolute Gasteiger partial charge is 0.478 e. The van der Waals surface area contributed by atoms with Gasteiger partial charge in [-0.2, -0.15) is 0 Å². The number of ether oxygens (including phenoxy) is 2. The zero-order valence-electron chi connectivity index (χ0n) is 26.4. The van der Waals surface area contributed by atoms with Crippen LogP contribution in [0.1, 0.15) is 62.3 Å². The fourth-order valence-electron chi connectivity index (χ4n) is 5.74. The maximum absolute atomic E-state index is 12.6. The molecule has 0 bridgehead atoms.